The van der Waals surface area contributed by atoms with Crippen LogP contribution in [-0.4, -0.2) is 58.9 Å². The van der Waals surface area contributed by atoms with Crippen LogP contribution >= 0.6 is 0 Å². The summed E-state index contributed by atoms with van der Waals surface area (Å²) in [5.41, 5.74) is 15.3. The van der Waals surface area contributed by atoms with Crippen LogP contribution in [0.25, 0.3) is 48.3 Å². The van der Waals surface area contributed by atoms with E-state index in [0.29, 0.717) is 0 Å². The highest BCUT2D eigenvalue weighted by molar-refractivity contribution is 6.01. The minimum atomic E-state index is -0.356. The van der Waals surface area contributed by atoms with E-state index in [1.54, 1.807) is 5.48 Å². The molecule has 0 radical (unpaired) electrons. The van der Waals surface area contributed by atoms with Gasteiger partial charge in [0.05, 0.1) is 53.9 Å². The number of nitrogens with zero attached hydrogens (tertiary/aromatic N) is 9. The van der Waals surface area contributed by atoms with E-state index in [9.17, 15) is 14.4 Å². The maximum absolute atomic E-state index is 12.5. The van der Waals surface area contributed by atoms with Crippen LogP contribution in [0.15, 0.2) is 126 Å². The molecule has 6 aromatic rings. The Kier molecular flexibility index (Phi) is 19.0. The highest BCUT2D eigenvalue weighted by Crippen LogP contribution is 2.54. The summed E-state index contributed by atoms with van der Waals surface area (Å²) < 4.78 is 5.88. The number of hydroxylamine groups is 1. The van der Waals surface area contributed by atoms with E-state index in [1.165, 1.54) is 23.7 Å². The monoisotopic (exact) mass is 1100 g/mol. The minimum Gasteiger partial charge on any atom is -0.317 e. The van der Waals surface area contributed by atoms with E-state index in [4.69, 9.17) is 40.2 Å². The van der Waals surface area contributed by atoms with E-state index in [1.807, 2.05) is 156 Å². The molecule has 82 heavy (non-hydrogen) atoms. The molecule has 426 valence electrons. The molecule has 12 rings (SSSR count). The molecule has 0 saturated carbocycles. The van der Waals surface area contributed by atoms with Gasteiger partial charge in [-0.25, -0.2) is 20.0 Å². The highest BCUT2D eigenvalue weighted by atomic mass is 16.5. The molecule has 0 bridgehead atoms. The van der Waals surface area contributed by atoms with Crippen molar-refractivity contribution in [3.05, 3.63) is 194 Å². The van der Waals surface area contributed by atoms with Crippen LogP contribution in [0.2, 0.25) is 0 Å². The summed E-state index contributed by atoms with van der Waals surface area (Å²) in [5.74, 6) is 0.184. The SMILES string of the molecule is CC.CC.CNO.[C-]#[N+]C1=C[C@@]2(C)c3nn(C)c(-c4ccccc4)c3CC[C@@H]2[C@@H](C)C1=O.[C-]#[N+]C1=C[C@]2(C)c3nn(C)c(-c4ccccc4)c3CC[C@H]2[C@H](C)C1=O.[C-]#[N+]C1=C[C@]2(C)c3nn(C)c(-c4ccccc4)c3CC[C@H]2[C@H](C)C1=O. The number of fused-ring (bicyclic) bond motifs is 9. The van der Waals surface area contributed by atoms with Crippen molar-refractivity contribution in [3.63, 3.8) is 0 Å². The van der Waals surface area contributed by atoms with Gasteiger partial charge in [-0.05, 0) is 56.3 Å². The Morgan fingerprint density at radius 1 is 0.476 bits per heavy atom. The average Bonchev–Trinajstić information content (AvgIpc) is 2.11. The number of rotatable bonds is 3. The molecule has 3 heterocycles. The first-order chi connectivity index (χ1) is 39.3. The first-order valence-corrected chi connectivity index (χ1v) is 28.9. The lowest BCUT2D eigenvalue weighted by atomic mass is 9.58. The van der Waals surface area contributed by atoms with Crippen LogP contribution in [0.4, 0.5) is 0 Å². The maximum Gasteiger partial charge on any atom is 0.226 e. The van der Waals surface area contributed by atoms with Crippen LogP contribution in [0, 0.1) is 55.2 Å². The summed E-state index contributed by atoms with van der Waals surface area (Å²) in [6.45, 7) is 42.5. The van der Waals surface area contributed by atoms with Crippen LogP contribution < -0.4 is 5.48 Å². The molecule has 0 saturated heterocycles. The lowest BCUT2D eigenvalue weighted by molar-refractivity contribution is -0.122. The van der Waals surface area contributed by atoms with Gasteiger partial charge in [0.25, 0.3) is 0 Å². The van der Waals surface area contributed by atoms with Gasteiger partial charge in [-0.2, -0.15) is 15.3 Å². The highest BCUT2D eigenvalue weighted by Gasteiger charge is 2.53. The number of hydrogen-bond donors (Lipinski definition) is 2. The third-order valence-electron chi connectivity index (χ3n) is 18.0. The lowest BCUT2D eigenvalue weighted by Gasteiger charge is -2.44. The number of aromatic nitrogens is 6. The minimum absolute atomic E-state index is 0.0138. The molecule has 0 fully saturated rings. The van der Waals surface area contributed by atoms with Gasteiger partial charge in [0.2, 0.25) is 17.1 Å². The van der Waals surface area contributed by atoms with Gasteiger partial charge in [-0.1, -0.05) is 178 Å². The molecule has 0 unspecified atom stereocenters. The van der Waals surface area contributed by atoms with Crippen molar-refractivity contribution >= 4 is 17.3 Å². The van der Waals surface area contributed by atoms with Crippen molar-refractivity contribution in [2.24, 2.45) is 56.7 Å². The zero-order valence-electron chi connectivity index (χ0n) is 50.3. The van der Waals surface area contributed by atoms with Gasteiger partial charge in [0, 0.05) is 95.6 Å². The molecular weight excluding hydrogens is 1020 g/mol. The third-order valence-corrected chi connectivity index (χ3v) is 18.0. The molecule has 3 aromatic carbocycles. The number of benzene rings is 3. The van der Waals surface area contributed by atoms with Gasteiger partial charge in [-0.15, -0.1) is 0 Å². The van der Waals surface area contributed by atoms with Crippen LogP contribution in [0.5, 0.6) is 0 Å². The Morgan fingerprint density at radius 3 is 0.902 bits per heavy atom. The van der Waals surface area contributed by atoms with Gasteiger partial charge in [-0.3, -0.25) is 14.0 Å². The van der Waals surface area contributed by atoms with Crippen molar-refractivity contribution in [3.8, 4) is 33.8 Å². The van der Waals surface area contributed by atoms with Crippen LogP contribution in [0.3, 0.4) is 0 Å². The first kappa shape index (κ1) is 61.5. The molecule has 14 heteroatoms. The molecule has 0 spiro atoms. The second-order valence-corrected chi connectivity index (χ2v) is 22.4. The average molecular weight is 1100 g/mol. The Hall–Kier alpha value is -8.09. The standard InChI is InChI=1S/3C21H21N3O.2C2H6.CH5NO/c3*1-13-16-11-10-15-18(14-8-6-5-7-9-14)24(4)23-20(15)21(16,2)12-17(22-3)19(13)25;2*1-2;1-2-3/h3*5-9,12-13,16H,10-11H2,1-2,4H3;2*1-2H3;2-3H,1H3/t3*13-,16-,21-;;;/m100.../s1. The van der Waals surface area contributed by atoms with Crippen molar-refractivity contribution in [1.29, 1.82) is 0 Å². The molecule has 3 aromatic heterocycles. The number of Topliss-reactive ketones (excluding diaryl/α,β-unsaturated/α-hetero) is 3. The number of carbonyl (C=O) groups excluding carboxylic acids is 3. The molecule has 0 aliphatic heterocycles. The van der Waals surface area contributed by atoms with Crippen molar-refractivity contribution in [2.75, 3.05) is 7.05 Å². The van der Waals surface area contributed by atoms with Crippen molar-refractivity contribution < 1.29 is 19.6 Å². The maximum atomic E-state index is 12.5. The fraction of sp³-hybridized carbons (Fsp3) is 0.426. The molecule has 6 aliphatic rings. The Bertz CT molecular complexity index is 3190. The Morgan fingerprint density at radius 2 is 0.695 bits per heavy atom. The fourth-order valence-electron chi connectivity index (χ4n) is 14.3. The number of nitrogens with one attached hydrogen (secondary N) is 1. The van der Waals surface area contributed by atoms with Gasteiger partial charge < -0.3 is 19.6 Å². The van der Waals surface area contributed by atoms with E-state index in [2.05, 4.69) is 71.7 Å². The molecule has 0 amide bonds. The van der Waals surface area contributed by atoms with E-state index >= 15 is 0 Å². The summed E-state index contributed by atoms with van der Waals surface area (Å²) in [6.07, 6.45) is 11.3. The van der Waals surface area contributed by atoms with Gasteiger partial charge in [0.1, 0.15) is 0 Å². The summed E-state index contributed by atoms with van der Waals surface area (Å²) in [4.78, 5) is 47.9. The molecule has 9 atom stereocenters. The predicted molar refractivity (Wildman–Crippen MR) is 324 cm³/mol. The number of ketones is 3. The normalized spacial score (nSPS) is 25.9. The Balaban J connectivity index is 0.000000168. The number of hydrogen-bond acceptors (Lipinski definition) is 8. The smallest absolute Gasteiger partial charge is 0.226 e. The second kappa shape index (κ2) is 25.4. The molecule has 2 N–H and O–H groups in total. The number of allylic oxidation sites excluding steroid dienone is 6. The van der Waals surface area contributed by atoms with E-state index < -0.39 is 0 Å². The summed E-state index contributed by atoms with van der Waals surface area (Å²) in [5, 5.41) is 21.9. The van der Waals surface area contributed by atoms with Crippen molar-refractivity contribution in [2.45, 2.75) is 124 Å². The Labute approximate surface area is 485 Å². The largest absolute Gasteiger partial charge is 0.317 e. The second-order valence-electron chi connectivity index (χ2n) is 22.4. The molecular formula is C68H80N10O4. The zero-order chi connectivity index (χ0) is 60.0. The lowest BCUT2D eigenvalue weighted by Crippen LogP contribution is -2.45. The van der Waals surface area contributed by atoms with Gasteiger partial charge >= 0.3 is 0 Å². The third kappa shape index (κ3) is 10.7. The summed E-state index contributed by atoms with van der Waals surface area (Å²) >= 11 is 0. The van der Waals surface area contributed by atoms with Crippen LogP contribution in [0.1, 0.15) is 122 Å². The number of aryl methyl sites for hydroxylation is 3. The van der Waals surface area contributed by atoms with Crippen molar-refractivity contribution in [1.82, 2.24) is 34.8 Å². The van der Waals surface area contributed by atoms with Crippen LogP contribution in [-0.2, 0) is 71.0 Å². The van der Waals surface area contributed by atoms with E-state index in [0.717, 1.165) is 89.4 Å². The quantitative estimate of drug-likeness (QED) is 0.131. The summed E-state index contributed by atoms with van der Waals surface area (Å²) in [6, 6.07) is 31.0. The number of carbonyl (C=O) groups is 3. The van der Waals surface area contributed by atoms with Gasteiger partial charge in [0.15, 0.2) is 17.3 Å². The summed E-state index contributed by atoms with van der Waals surface area (Å²) in [7, 11) is 7.38. The molecule has 14 nitrogen and oxygen atoms in total. The van der Waals surface area contributed by atoms with E-state index in [-0.39, 0.29) is 86.2 Å². The topological polar surface area (TPSA) is 150 Å². The first-order valence-electron chi connectivity index (χ1n) is 28.9. The zero-order valence-corrected chi connectivity index (χ0v) is 50.3. The predicted octanol–water partition coefficient (Wildman–Crippen LogP) is 13.4. The fourth-order valence-corrected chi connectivity index (χ4v) is 14.3. The molecule has 6 aliphatic carbocycles.